The number of carboxylic acids is 1. The van der Waals surface area contributed by atoms with Gasteiger partial charge in [0.25, 0.3) is 0 Å². The molecule has 0 bridgehead atoms. The number of hydroxylamine groups is 1. The van der Waals surface area contributed by atoms with Crippen molar-refractivity contribution in [3.8, 4) is 0 Å². The van der Waals surface area contributed by atoms with Gasteiger partial charge in [0, 0.05) is 6.21 Å². The summed E-state index contributed by atoms with van der Waals surface area (Å²) < 4.78 is 0. The second kappa shape index (κ2) is 14.4. The standard InChI is InChI=1S/C21H34N2O3/c1-2-3-4-5-6-7-8-9-10-11-12-20(23-26)17-22-19-15-13-18(14-16-19)21(24)25/h13-17,20,23,26H,2-12H2,1H3,(H,24,25). The summed E-state index contributed by atoms with van der Waals surface area (Å²) in [5, 5.41) is 18.1. The fourth-order valence-corrected chi connectivity index (χ4v) is 2.89. The normalized spacial score (nSPS) is 12.5. The van der Waals surface area contributed by atoms with Crippen LogP contribution in [0.5, 0.6) is 0 Å². The van der Waals surface area contributed by atoms with Gasteiger partial charge >= 0.3 is 5.97 Å². The highest BCUT2D eigenvalue weighted by Gasteiger charge is 2.04. The molecule has 146 valence electrons. The number of nitrogens with zero attached hydrogens (tertiary/aromatic N) is 1. The van der Waals surface area contributed by atoms with Crippen molar-refractivity contribution in [1.29, 1.82) is 0 Å². The Hall–Kier alpha value is -1.72. The lowest BCUT2D eigenvalue weighted by molar-refractivity contribution is 0.0697. The van der Waals surface area contributed by atoms with Gasteiger partial charge in [-0.25, -0.2) is 4.79 Å². The second-order valence-electron chi connectivity index (χ2n) is 6.84. The molecule has 0 aliphatic rings. The fraction of sp³-hybridized carbons (Fsp3) is 0.619. The van der Waals surface area contributed by atoms with Gasteiger partial charge in [0.15, 0.2) is 0 Å². The Morgan fingerprint density at radius 1 is 1.00 bits per heavy atom. The average Bonchev–Trinajstić information content (AvgIpc) is 2.66. The molecule has 1 atom stereocenters. The number of aliphatic imine (C=N–C) groups is 1. The van der Waals surface area contributed by atoms with Crippen molar-refractivity contribution in [2.75, 3.05) is 0 Å². The molecular weight excluding hydrogens is 328 g/mol. The molecule has 1 unspecified atom stereocenters. The molecule has 0 fully saturated rings. The van der Waals surface area contributed by atoms with Crippen LogP contribution in [0, 0.1) is 0 Å². The molecule has 0 saturated carbocycles. The number of aromatic carboxylic acids is 1. The van der Waals surface area contributed by atoms with Crippen LogP contribution >= 0.6 is 0 Å². The van der Waals surface area contributed by atoms with E-state index >= 15 is 0 Å². The third kappa shape index (κ3) is 10.3. The van der Waals surface area contributed by atoms with Gasteiger partial charge in [0.05, 0.1) is 17.3 Å². The molecule has 1 rings (SSSR count). The fourth-order valence-electron chi connectivity index (χ4n) is 2.89. The van der Waals surface area contributed by atoms with Crippen molar-refractivity contribution < 1.29 is 15.1 Å². The molecule has 3 N–H and O–H groups in total. The average molecular weight is 363 g/mol. The molecule has 0 aliphatic carbocycles. The number of hydrogen-bond acceptors (Lipinski definition) is 4. The highest BCUT2D eigenvalue weighted by atomic mass is 16.5. The summed E-state index contributed by atoms with van der Waals surface area (Å²) in [7, 11) is 0. The van der Waals surface area contributed by atoms with Crippen LogP contribution < -0.4 is 5.48 Å². The first-order valence-corrected chi connectivity index (χ1v) is 9.94. The van der Waals surface area contributed by atoms with Crippen LogP contribution in [0.4, 0.5) is 5.69 Å². The minimum atomic E-state index is -0.948. The van der Waals surface area contributed by atoms with Gasteiger partial charge in [-0.3, -0.25) is 4.99 Å². The summed E-state index contributed by atoms with van der Waals surface area (Å²) in [5.41, 5.74) is 3.21. The zero-order chi connectivity index (χ0) is 19.0. The van der Waals surface area contributed by atoms with Crippen molar-refractivity contribution in [2.45, 2.75) is 83.6 Å². The van der Waals surface area contributed by atoms with Gasteiger partial charge in [-0.2, -0.15) is 5.48 Å². The Labute approximate surface area is 157 Å². The lowest BCUT2D eigenvalue weighted by Crippen LogP contribution is -2.27. The molecule has 5 nitrogen and oxygen atoms in total. The minimum absolute atomic E-state index is 0.178. The van der Waals surface area contributed by atoms with Gasteiger partial charge < -0.3 is 10.3 Å². The summed E-state index contributed by atoms with van der Waals surface area (Å²) in [6.07, 6.45) is 15.4. The summed E-state index contributed by atoms with van der Waals surface area (Å²) in [6.45, 7) is 2.24. The van der Waals surface area contributed by atoms with Crippen molar-refractivity contribution in [1.82, 2.24) is 5.48 Å². The summed E-state index contributed by atoms with van der Waals surface area (Å²) in [4.78, 5) is 15.1. The maximum Gasteiger partial charge on any atom is 0.335 e. The highest BCUT2D eigenvalue weighted by molar-refractivity contribution is 5.88. The molecule has 1 aromatic carbocycles. The number of hydrogen-bond donors (Lipinski definition) is 3. The van der Waals surface area contributed by atoms with E-state index < -0.39 is 5.97 Å². The van der Waals surface area contributed by atoms with E-state index in [1.165, 1.54) is 69.9 Å². The summed E-state index contributed by atoms with van der Waals surface area (Å²) in [6, 6.07) is 6.20. The first-order chi connectivity index (χ1) is 12.7. The number of rotatable bonds is 15. The second-order valence-corrected chi connectivity index (χ2v) is 6.84. The number of carboxylic acid groups (broad SMARTS) is 1. The quantitative estimate of drug-likeness (QED) is 0.211. The van der Waals surface area contributed by atoms with Gasteiger partial charge in [-0.1, -0.05) is 71.1 Å². The van der Waals surface area contributed by atoms with E-state index in [0.717, 1.165) is 12.8 Å². The predicted octanol–water partition coefficient (Wildman–Crippen LogP) is 5.75. The van der Waals surface area contributed by atoms with Crippen LogP contribution in [0.15, 0.2) is 29.3 Å². The molecule has 0 heterocycles. The lowest BCUT2D eigenvalue weighted by atomic mass is 10.0. The maximum absolute atomic E-state index is 10.8. The van der Waals surface area contributed by atoms with E-state index in [-0.39, 0.29) is 11.6 Å². The summed E-state index contributed by atoms with van der Waals surface area (Å²) >= 11 is 0. The predicted molar refractivity (Wildman–Crippen MR) is 107 cm³/mol. The van der Waals surface area contributed by atoms with Crippen LogP contribution in [-0.2, 0) is 0 Å². The van der Waals surface area contributed by atoms with Crippen LogP contribution in [0.2, 0.25) is 0 Å². The van der Waals surface area contributed by atoms with Crippen LogP contribution in [0.3, 0.4) is 0 Å². The molecule has 0 spiro atoms. The molecule has 0 aromatic heterocycles. The number of benzene rings is 1. The zero-order valence-corrected chi connectivity index (χ0v) is 16.0. The van der Waals surface area contributed by atoms with Gasteiger partial charge in [-0.05, 0) is 30.7 Å². The molecule has 0 amide bonds. The van der Waals surface area contributed by atoms with E-state index in [9.17, 15) is 10.0 Å². The topological polar surface area (TPSA) is 81.9 Å². The summed E-state index contributed by atoms with van der Waals surface area (Å²) in [5.74, 6) is -0.948. The molecule has 0 radical (unpaired) electrons. The third-order valence-corrected chi connectivity index (χ3v) is 4.55. The van der Waals surface area contributed by atoms with Gasteiger partial charge in [0.2, 0.25) is 0 Å². The van der Waals surface area contributed by atoms with Gasteiger partial charge in [0.1, 0.15) is 0 Å². The molecule has 0 saturated heterocycles. The van der Waals surface area contributed by atoms with Crippen LogP contribution in [-0.4, -0.2) is 28.5 Å². The molecule has 1 aromatic rings. The van der Waals surface area contributed by atoms with E-state index in [2.05, 4.69) is 17.4 Å². The smallest absolute Gasteiger partial charge is 0.335 e. The van der Waals surface area contributed by atoms with Crippen molar-refractivity contribution in [2.24, 2.45) is 4.99 Å². The maximum atomic E-state index is 10.8. The van der Waals surface area contributed by atoms with Crippen molar-refractivity contribution >= 4 is 17.9 Å². The zero-order valence-electron chi connectivity index (χ0n) is 16.0. The molecular formula is C21H34N2O3. The number of unbranched alkanes of at least 4 members (excludes halogenated alkanes) is 9. The van der Waals surface area contributed by atoms with Crippen molar-refractivity contribution in [3.05, 3.63) is 29.8 Å². The first kappa shape index (κ1) is 22.3. The van der Waals surface area contributed by atoms with E-state index in [1.54, 1.807) is 18.3 Å². The Balaban J connectivity index is 2.15. The van der Waals surface area contributed by atoms with Crippen LogP contribution in [0.25, 0.3) is 0 Å². The van der Waals surface area contributed by atoms with Crippen LogP contribution in [0.1, 0.15) is 87.9 Å². The number of nitrogens with one attached hydrogen (secondary N) is 1. The number of carbonyl (C=O) groups is 1. The monoisotopic (exact) mass is 362 g/mol. The Kier molecular flexibility index (Phi) is 12.4. The van der Waals surface area contributed by atoms with E-state index in [0.29, 0.717) is 5.69 Å². The molecule has 26 heavy (non-hydrogen) atoms. The highest BCUT2D eigenvalue weighted by Crippen LogP contribution is 2.14. The largest absolute Gasteiger partial charge is 0.478 e. The van der Waals surface area contributed by atoms with E-state index in [4.69, 9.17) is 5.11 Å². The molecule has 5 heteroatoms. The first-order valence-electron chi connectivity index (χ1n) is 9.94. The molecule has 0 aliphatic heterocycles. The Bertz CT molecular complexity index is 514. The lowest BCUT2D eigenvalue weighted by Gasteiger charge is -2.09. The SMILES string of the molecule is CCCCCCCCCCCCC(C=Nc1ccc(C(=O)O)cc1)NO. The van der Waals surface area contributed by atoms with Crippen molar-refractivity contribution in [3.63, 3.8) is 0 Å². The third-order valence-electron chi connectivity index (χ3n) is 4.55. The Morgan fingerprint density at radius 3 is 2.04 bits per heavy atom. The Morgan fingerprint density at radius 2 is 1.54 bits per heavy atom. The minimum Gasteiger partial charge on any atom is -0.478 e. The van der Waals surface area contributed by atoms with E-state index in [1.807, 2.05) is 0 Å². The van der Waals surface area contributed by atoms with Gasteiger partial charge in [-0.15, -0.1) is 0 Å².